The first-order chi connectivity index (χ1) is 6.84. The number of hydrogen-bond acceptors (Lipinski definition) is 0. The zero-order chi connectivity index (χ0) is 9.80. The summed E-state index contributed by atoms with van der Waals surface area (Å²) in [5, 5.41) is 0. The van der Waals surface area contributed by atoms with Crippen LogP contribution in [-0.2, 0) is 0 Å². The molecule has 2 rings (SSSR count). The van der Waals surface area contributed by atoms with Gasteiger partial charge in [0.2, 0.25) is 0 Å². The molecule has 0 amide bonds. The van der Waals surface area contributed by atoms with Crippen molar-refractivity contribution in [3.63, 3.8) is 0 Å². The molecule has 0 aliphatic heterocycles. The van der Waals surface area contributed by atoms with E-state index in [1.165, 1.54) is 12.1 Å². The summed E-state index contributed by atoms with van der Waals surface area (Å²) in [5.74, 6) is -0.199. The van der Waals surface area contributed by atoms with Gasteiger partial charge >= 0.3 is 0 Å². The van der Waals surface area contributed by atoms with E-state index in [0.29, 0.717) is 0 Å². The topological polar surface area (TPSA) is 0 Å². The molecule has 69 valence electrons. The molecule has 0 saturated heterocycles. The van der Waals surface area contributed by atoms with Crippen molar-refractivity contribution in [2.24, 2.45) is 0 Å². The van der Waals surface area contributed by atoms with E-state index in [2.05, 4.69) is 0 Å². The van der Waals surface area contributed by atoms with Crippen LogP contribution in [0, 0.1) is 12.2 Å². The standard InChI is InChI=1S/C13H10F/c14-13-8-4-7-12(10-13)9-11-5-2-1-3-6-11/h1-10H. The summed E-state index contributed by atoms with van der Waals surface area (Å²) in [5.41, 5.74) is 1.97. The van der Waals surface area contributed by atoms with Crippen molar-refractivity contribution in [1.29, 1.82) is 0 Å². The lowest BCUT2D eigenvalue weighted by molar-refractivity contribution is 0.627. The third-order valence-corrected chi connectivity index (χ3v) is 1.98. The van der Waals surface area contributed by atoms with Crippen molar-refractivity contribution in [3.8, 4) is 0 Å². The Morgan fingerprint density at radius 2 is 1.50 bits per heavy atom. The number of benzene rings is 2. The van der Waals surface area contributed by atoms with E-state index < -0.39 is 0 Å². The molecule has 0 nitrogen and oxygen atoms in total. The maximum absolute atomic E-state index is 12.8. The number of rotatable bonds is 2. The lowest BCUT2D eigenvalue weighted by atomic mass is 10.1. The van der Waals surface area contributed by atoms with Crippen LogP contribution in [0.2, 0.25) is 0 Å². The molecule has 14 heavy (non-hydrogen) atoms. The molecule has 0 N–H and O–H groups in total. The Balaban J connectivity index is 2.19. The molecular formula is C13H10F. The molecule has 0 unspecified atom stereocenters. The Morgan fingerprint density at radius 1 is 0.786 bits per heavy atom. The van der Waals surface area contributed by atoms with Crippen LogP contribution in [0.25, 0.3) is 0 Å². The van der Waals surface area contributed by atoms with E-state index in [0.717, 1.165) is 11.1 Å². The minimum atomic E-state index is -0.199. The van der Waals surface area contributed by atoms with E-state index in [-0.39, 0.29) is 5.82 Å². The van der Waals surface area contributed by atoms with Crippen LogP contribution in [0.15, 0.2) is 54.6 Å². The summed E-state index contributed by atoms with van der Waals surface area (Å²) in [7, 11) is 0. The second-order valence-corrected chi connectivity index (χ2v) is 3.11. The number of hydrogen-bond donors (Lipinski definition) is 0. The molecule has 0 heterocycles. The highest BCUT2D eigenvalue weighted by atomic mass is 19.1. The normalized spacial score (nSPS) is 10.1. The van der Waals surface area contributed by atoms with Crippen molar-refractivity contribution in [3.05, 3.63) is 78.0 Å². The Kier molecular flexibility index (Phi) is 2.59. The maximum Gasteiger partial charge on any atom is 0.123 e. The summed E-state index contributed by atoms with van der Waals surface area (Å²) < 4.78 is 12.8. The van der Waals surface area contributed by atoms with Crippen molar-refractivity contribution in [2.75, 3.05) is 0 Å². The highest BCUT2D eigenvalue weighted by Crippen LogP contribution is 2.12. The second kappa shape index (κ2) is 4.05. The number of halogens is 1. The third-order valence-electron chi connectivity index (χ3n) is 1.98. The van der Waals surface area contributed by atoms with Gasteiger partial charge in [0.05, 0.1) is 0 Å². The zero-order valence-electron chi connectivity index (χ0n) is 7.65. The quantitative estimate of drug-likeness (QED) is 0.672. The highest BCUT2D eigenvalue weighted by Gasteiger charge is 1.96. The molecule has 2 aromatic carbocycles. The van der Waals surface area contributed by atoms with Crippen LogP contribution in [0.1, 0.15) is 11.1 Å². The summed E-state index contributed by atoms with van der Waals surface area (Å²) in [4.78, 5) is 0. The van der Waals surface area contributed by atoms with Gasteiger partial charge in [-0.25, -0.2) is 4.39 Å². The monoisotopic (exact) mass is 185 g/mol. The zero-order valence-corrected chi connectivity index (χ0v) is 7.65. The van der Waals surface area contributed by atoms with Crippen molar-refractivity contribution in [1.82, 2.24) is 0 Å². The van der Waals surface area contributed by atoms with Crippen LogP contribution in [-0.4, -0.2) is 0 Å². The van der Waals surface area contributed by atoms with Gasteiger partial charge in [0.1, 0.15) is 5.82 Å². The first-order valence-electron chi connectivity index (χ1n) is 4.50. The van der Waals surface area contributed by atoms with Gasteiger partial charge in [0.25, 0.3) is 0 Å². The molecule has 1 heteroatoms. The molecule has 0 aliphatic rings. The fourth-order valence-electron chi connectivity index (χ4n) is 1.34. The van der Waals surface area contributed by atoms with Crippen LogP contribution in [0.3, 0.4) is 0 Å². The molecule has 0 spiro atoms. The molecule has 2 aromatic rings. The van der Waals surface area contributed by atoms with Crippen LogP contribution >= 0.6 is 0 Å². The molecule has 0 atom stereocenters. The SMILES string of the molecule is Fc1cccc([CH]c2ccccc2)c1. The average molecular weight is 185 g/mol. The maximum atomic E-state index is 12.8. The Morgan fingerprint density at radius 3 is 2.21 bits per heavy atom. The van der Waals surface area contributed by atoms with Gasteiger partial charge in [-0.15, -0.1) is 0 Å². The summed E-state index contributed by atoms with van der Waals surface area (Å²) >= 11 is 0. The summed E-state index contributed by atoms with van der Waals surface area (Å²) in [6, 6.07) is 16.4. The van der Waals surface area contributed by atoms with Gasteiger partial charge in [0, 0.05) is 6.42 Å². The van der Waals surface area contributed by atoms with E-state index in [1.54, 1.807) is 6.07 Å². The highest BCUT2D eigenvalue weighted by molar-refractivity contribution is 5.36. The van der Waals surface area contributed by atoms with E-state index in [4.69, 9.17) is 0 Å². The predicted molar refractivity (Wildman–Crippen MR) is 55.3 cm³/mol. The minimum Gasteiger partial charge on any atom is -0.207 e. The Hall–Kier alpha value is -1.63. The predicted octanol–water partition coefficient (Wildman–Crippen LogP) is 3.43. The van der Waals surface area contributed by atoms with Gasteiger partial charge in [-0.3, -0.25) is 0 Å². The van der Waals surface area contributed by atoms with E-state index in [9.17, 15) is 4.39 Å². The van der Waals surface area contributed by atoms with Gasteiger partial charge in [-0.05, 0) is 23.3 Å². The van der Waals surface area contributed by atoms with Crippen LogP contribution in [0.5, 0.6) is 0 Å². The third kappa shape index (κ3) is 2.19. The molecular weight excluding hydrogens is 175 g/mol. The fourth-order valence-corrected chi connectivity index (χ4v) is 1.34. The first-order valence-corrected chi connectivity index (χ1v) is 4.50. The van der Waals surface area contributed by atoms with Crippen LogP contribution < -0.4 is 0 Å². The Labute approximate surface area is 83.0 Å². The molecule has 0 saturated carbocycles. The van der Waals surface area contributed by atoms with Gasteiger partial charge in [0.15, 0.2) is 0 Å². The first kappa shape index (κ1) is 8.95. The van der Waals surface area contributed by atoms with Gasteiger partial charge in [-0.1, -0.05) is 42.5 Å². The lowest BCUT2D eigenvalue weighted by Gasteiger charge is -2.00. The molecule has 0 aromatic heterocycles. The molecule has 0 fully saturated rings. The summed E-state index contributed by atoms with van der Waals surface area (Å²) in [6.45, 7) is 0. The smallest absolute Gasteiger partial charge is 0.123 e. The lowest BCUT2D eigenvalue weighted by Crippen LogP contribution is -1.85. The molecule has 1 radical (unpaired) electrons. The minimum absolute atomic E-state index is 0.199. The van der Waals surface area contributed by atoms with Crippen molar-refractivity contribution in [2.45, 2.75) is 0 Å². The average Bonchev–Trinajstić information content (AvgIpc) is 2.19. The molecule has 0 bridgehead atoms. The largest absolute Gasteiger partial charge is 0.207 e. The van der Waals surface area contributed by atoms with Gasteiger partial charge < -0.3 is 0 Å². The van der Waals surface area contributed by atoms with Crippen molar-refractivity contribution >= 4 is 0 Å². The van der Waals surface area contributed by atoms with Crippen molar-refractivity contribution < 1.29 is 4.39 Å². The van der Waals surface area contributed by atoms with E-state index >= 15 is 0 Å². The second-order valence-electron chi connectivity index (χ2n) is 3.11. The molecule has 0 aliphatic carbocycles. The van der Waals surface area contributed by atoms with E-state index in [1.807, 2.05) is 42.8 Å². The fraction of sp³-hybridized carbons (Fsp3) is 0. The van der Waals surface area contributed by atoms with Gasteiger partial charge in [-0.2, -0.15) is 0 Å². The Bertz CT molecular complexity index is 407. The summed E-state index contributed by atoms with van der Waals surface area (Å²) in [6.07, 6.45) is 1.95. The van der Waals surface area contributed by atoms with Crippen LogP contribution in [0.4, 0.5) is 4.39 Å².